The first-order valence-corrected chi connectivity index (χ1v) is 24.2. The molecule has 0 aromatic heterocycles. The Kier molecular flexibility index (Phi) is 15.3. The van der Waals surface area contributed by atoms with E-state index in [4.69, 9.17) is 0 Å². The molecule has 0 heterocycles. The summed E-state index contributed by atoms with van der Waals surface area (Å²) in [6, 6.07) is 33.0. The van der Waals surface area contributed by atoms with E-state index in [0.717, 1.165) is 94.9 Å². The molecule has 2 aliphatic carbocycles. The minimum atomic E-state index is -0.460. The summed E-state index contributed by atoms with van der Waals surface area (Å²) in [6.45, 7) is 22.6. The van der Waals surface area contributed by atoms with Gasteiger partial charge in [0.1, 0.15) is 0 Å². The number of carbonyl (C=O) groups excluding carboxylic acids is 3. The van der Waals surface area contributed by atoms with Gasteiger partial charge in [0.15, 0.2) is 12.3 Å². The molecule has 2 amide bonds. The summed E-state index contributed by atoms with van der Waals surface area (Å²) >= 11 is 0. The molecular formula is C60H66N4O4. The number of nitrogens with zero attached hydrogens (tertiary/aromatic N) is 2. The summed E-state index contributed by atoms with van der Waals surface area (Å²) in [5.41, 5.74) is 12.6. The second-order valence-corrected chi connectivity index (χ2v) is 18.7. The van der Waals surface area contributed by atoms with Crippen LogP contribution in [0.2, 0.25) is 0 Å². The van der Waals surface area contributed by atoms with Crippen molar-refractivity contribution in [2.45, 2.75) is 94.9 Å². The smallest absolute Gasteiger partial charge is 0.255 e. The van der Waals surface area contributed by atoms with Crippen LogP contribution in [0.1, 0.15) is 113 Å². The fourth-order valence-corrected chi connectivity index (χ4v) is 9.24. The van der Waals surface area contributed by atoms with Crippen molar-refractivity contribution < 1.29 is 24.1 Å². The van der Waals surface area contributed by atoms with Crippen LogP contribution in [-0.2, 0) is 4.79 Å². The molecule has 0 saturated heterocycles. The van der Waals surface area contributed by atoms with Crippen molar-refractivity contribution in [2.75, 3.05) is 23.3 Å². The zero-order valence-corrected chi connectivity index (χ0v) is 41.5. The van der Waals surface area contributed by atoms with Gasteiger partial charge in [-0.15, -0.1) is 0 Å². The second-order valence-electron chi connectivity index (χ2n) is 18.7. The number of nitrogens with one attached hydrogen (secondary N) is 2. The Hall–Kier alpha value is -7.06. The average molecular weight is 907 g/mol. The molecule has 8 nitrogen and oxygen atoms in total. The van der Waals surface area contributed by atoms with Crippen LogP contribution < -0.4 is 20.6 Å². The Bertz CT molecular complexity index is 2900. The minimum Gasteiger partial charge on any atom is -0.871 e. The van der Waals surface area contributed by atoms with Gasteiger partial charge < -0.3 is 20.6 Å². The molecule has 0 bridgehead atoms. The van der Waals surface area contributed by atoms with Crippen LogP contribution >= 0.6 is 0 Å². The summed E-state index contributed by atoms with van der Waals surface area (Å²) in [5.74, 6) is -0.852. The van der Waals surface area contributed by atoms with Crippen molar-refractivity contribution >= 4 is 51.6 Å². The quantitative estimate of drug-likeness (QED) is 0.0758. The summed E-state index contributed by atoms with van der Waals surface area (Å²) < 4.78 is 2.28. The Labute approximate surface area is 403 Å². The largest absolute Gasteiger partial charge is 0.871 e. The first-order valence-electron chi connectivity index (χ1n) is 24.2. The van der Waals surface area contributed by atoms with E-state index in [1.54, 1.807) is 36.4 Å². The average Bonchev–Trinajstić information content (AvgIpc) is 3.32. The van der Waals surface area contributed by atoms with E-state index >= 15 is 0 Å². The van der Waals surface area contributed by atoms with Crippen LogP contribution in [-0.4, -0.2) is 41.0 Å². The number of rotatable bonds is 16. The molecule has 0 unspecified atom stereocenters. The third-order valence-electron chi connectivity index (χ3n) is 13.7. The van der Waals surface area contributed by atoms with Crippen molar-refractivity contribution in [1.29, 1.82) is 0 Å². The van der Waals surface area contributed by atoms with Gasteiger partial charge in [-0.2, -0.15) is 4.58 Å². The number of aryl methyl sites for hydroxylation is 6. The van der Waals surface area contributed by atoms with Gasteiger partial charge in [-0.3, -0.25) is 14.4 Å². The molecule has 5 aromatic carbocycles. The van der Waals surface area contributed by atoms with Gasteiger partial charge in [-0.05, 0) is 120 Å². The molecule has 68 heavy (non-hydrogen) atoms. The monoisotopic (exact) mass is 907 g/mol. The minimum absolute atomic E-state index is 0.0191. The lowest BCUT2D eigenvalue weighted by Gasteiger charge is -2.35. The van der Waals surface area contributed by atoms with Crippen molar-refractivity contribution in [1.82, 2.24) is 5.32 Å². The molecule has 350 valence electrons. The van der Waals surface area contributed by atoms with E-state index in [0.29, 0.717) is 45.5 Å². The zero-order chi connectivity index (χ0) is 48.8. The molecule has 0 atom stereocenters. The summed E-state index contributed by atoms with van der Waals surface area (Å²) in [7, 11) is 0. The molecular weight excluding hydrogens is 841 g/mol. The number of benzene rings is 5. The first kappa shape index (κ1) is 48.9. The molecule has 5 aromatic rings. The molecule has 0 aliphatic heterocycles. The van der Waals surface area contributed by atoms with Gasteiger partial charge in [-0.1, -0.05) is 117 Å². The van der Waals surface area contributed by atoms with Gasteiger partial charge in [0.05, 0.1) is 11.4 Å². The molecule has 8 heteroatoms. The van der Waals surface area contributed by atoms with E-state index in [-0.39, 0.29) is 23.0 Å². The number of carbonyl (C=O) groups is 3. The Morgan fingerprint density at radius 3 is 1.74 bits per heavy atom. The predicted octanol–water partition coefficient (Wildman–Crippen LogP) is 12.4. The van der Waals surface area contributed by atoms with Gasteiger partial charge >= 0.3 is 0 Å². The van der Waals surface area contributed by atoms with Crippen LogP contribution in [0.25, 0.3) is 5.57 Å². The Morgan fingerprint density at radius 1 is 0.618 bits per heavy atom. The number of Topliss-reactive ketones (excluding diaryl/α,β-unsaturated/α-hetero) is 1. The normalized spacial score (nSPS) is 15.4. The summed E-state index contributed by atoms with van der Waals surface area (Å²) in [6.07, 6.45) is 9.57. The van der Waals surface area contributed by atoms with E-state index in [2.05, 4.69) is 112 Å². The number of allylic oxidation sites excluding steroid dienone is 5. The fraction of sp³-hybridized carbons (Fsp3) is 0.300. The topological polar surface area (TPSA) is 105 Å². The standard InChI is InChI=1S/C60H66N4O4/c1-11-43(12-2)35-63(53-29-19-39(7)31-41(53)9)47-25-27-49(51(33-47)61-59(67)45-21-15-37(5)16-22-45)55-57(65)56(58(55)66)50-28-26-48(34-52(50)62-60(68)46-23-17-38(6)18-24-46)64(36-44(13-3)14-4)54-30-20-40(8)32-42(54)10/h15-34,43-44H,11-14,35-36H2,1-10H3,(H2,61,62,65,66,67,68). The van der Waals surface area contributed by atoms with E-state index in [1.807, 2.05) is 62.4 Å². The molecule has 7 rings (SSSR count). The fourth-order valence-electron chi connectivity index (χ4n) is 9.24. The lowest BCUT2D eigenvalue weighted by atomic mass is 9.78. The maximum atomic E-state index is 14.8. The van der Waals surface area contributed by atoms with Gasteiger partial charge in [0, 0.05) is 81.0 Å². The second kappa shape index (κ2) is 21.3. The van der Waals surface area contributed by atoms with Crippen molar-refractivity contribution in [3.8, 4) is 0 Å². The highest BCUT2D eigenvalue weighted by atomic mass is 16.3. The number of anilines is 3. The Balaban J connectivity index is 1.39. The number of hydrogen-bond acceptors (Lipinski definition) is 5. The highest BCUT2D eigenvalue weighted by molar-refractivity contribution is 6.40. The summed E-state index contributed by atoms with van der Waals surface area (Å²) in [4.78, 5) is 45.1. The molecule has 2 N–H and O–H groups in total. The van der Waals surface area contributed by atoms with Crippen LogP contribution in [0, 0.1) is 53.4 Å². The lowest BCUT2D eigenvalue weighted by Crippen LogP contribution is -2.34. The van der Waals surface area contributed by atoms with Gasteiger partial charge in [-0.25, -0.2) is 0 Å². The van der Waals surface area contributed by atoms with E-state index in [1.165, 1.54) is 0 Å². The number of hydrogen-bond donors (Lipinski definition) is 2. The molecule has 0 fully saturated rings. The SMILES string of the molecule is CCC(CC)CN(c1ccc(C2=C([O-])/C(=C3/C=CC(=[N+](CC(CC)CC)c4ccc(C)cc4C)C=C3NC(=O)c3ccc(C)cc3)C2=O)c(NC(=O)c2ccc(C)cc2)c1)c1ccc(C)cc1C. The Morgan fingerprint density at radius 2 is 1.18 bits per heavy atom. The molecule has 0 spiro atoms. The third-order valence-corrected chi connectivity index (χ3v) is 13.7. The molecule has 2 aliphatic rings. The van der Waals surface area contributed by atoms with Crippen LogP contribution in [0.3, 0.4) is 0 Å². The van der Waals surface area contributed by atoms with Crippen LogP contribution in [0.15, 0.2) is 144 Å². The van der Waals surface area contributed by atoms with Gasteiger partial charge in [0.2, 0.25) is 11.4 Å². The zero-order valence-electron chi connectivity index (χ0n) is 41.5. The maximum absolute atomic E-state index is 14.8. The van der Waals surface area contributed by atoms with Crippen LogP contribution in [0.5, 0.6) is 0 Å². The predicted molar refractivity (Wildman–Crippen MR) is 277 cm³/mol. The van der Waals surface area contributed by atoms with E-state index in [9.17, 15) is 19.5 Å². The lowest BCUT2D eigenvalue weighted by molar-refractivity contribution is -0.449. The number of ketones is 1. The van der Waals surface area contributed by atoms with Crippen LogP contribution in [0.4, 0.5) is 22.7 Å². The van der Waals surface area contributed by atoms with Crippen molar-refractivity contribution in [3.05, 3.63) is 194 Å². The van der Waals surface area contributed by atoms with Crippen molar-refractivity contribution in [2.24, 2.45) is 11.8 Å². The molecule has 0 saturated carbocycles. The highest BCUT2D eigenvalue weighted by Gasteiger charge is 2.35. The highest BCUT2D eigenvalue weighted by Crippen LogP contribution is 2.43. The first-order chi connectivity index (χ1) is 32.6. The third kappa shape index (κ3) is 10.6. The van der Waals surface area contributed by atoms with Gasteiger partial charge in [0.25, 0.3) is 11.8 Å². The maximum Gasteiger partial charge on any atom is 0.255 e. The summed E-state index contributed by atoms with van der Waals surface area (Å²) in [5, 5.41) is 21.0. The number of amides is 2. The van der Waals surface area contributed by atoms with Crippen molar-refractivity contribution in [3.63, 3.8) is 0 Å². The molecule has 0 radical (unpaired) electrons. The van der Waals surface area contributed by atoms with E-state index < -0.39 is 11.5 Å².